The molecule has 324 valence electrons. The Morgan fingerprint density at radius 1 is 0.333 bits per heavy atom. The van der Waals surface area contributed by atoms with Gasteiger partial charge in [0.05, 0.1) is 31.7 Å². The largest absolute Gasteiger partial charge is 0.278 e. The summed E-state index contributed by atoms with van der Waals surface area (Å²) in [7, 11) is -3.90. The molecule has 0 atom stereocenters. The van der Waals surface area contributed by atoms with E-state index in [0.29, 0.717) is 16.3 Å². The number of hydrogen-bond acceptors (Lipinski definition) is 3. The molecule has 0 amide bonds. The van der Waals surface area contributed by atoms with Gasteiger partial charge in [0, 0.05) is 27.1 Å². The lowest BCUT2D eigenvalue weighted by Crippen LogP contribution is -2.75. The van der Waals surface area contributed by atoms with Crippen molar-refractivity contribution in [1.29, 1.82) is 0 Å². The molecule has 0 bridgehead atoms. The third-order valence-corrected chi connectivity index (χ3v) is 18.1. The van der Waals surface area contributed by atoms with Crippen LogP contribution < -0.4 is 20.7 Å². The van der Waals surface area contributed by atoms with Crippen molar-refractivity contribution in [2.24, 2.45) is 0 Å². The maximum Gasteiger partial charge on any atom is 0.240 e. The fraction of sp³-hybridized carbons (Fsp3) is 0. The molecule has 0 fully saturated rings. The lowest BCUT2D eigenvalue weighted by Gasteiger charge is -2.38. The van der Waals surface area contributed by atoms with Crippen molar-refractivity contribution >= 4 is 72.4 Å². The molecule has 0 unspecified atom stereocenters. The van der Waals surface area contributed by atoms with Crippen molar-refractivity contribution in [2.75, 3.05) is 0 Å². The van der Waals surface area contributed by atoms with E-state index in [2.05, 4.69) is 60.7 Å². The summed E-state index contributed by atoms with van der Waals surface area (Å²) >= 11 is 0. The Balaban J connectivity index is 1.27. The maximum atomic E-state index is 11.0. The second-order valence-electron chi connectivity index (χ2n) is 17.0. The first-order valence-corrected chi connectivity index (χ1v) is 24.9. The molecule has 13 aromatic rings. The van der Waals surface area contributed by atoms with E-state index in [1.165, 1.54) is 0 Å². The van der Waals surface area contributed by atoms with Crippen LogP contribution in [-0.4, -0.2) is 32.2 Å². The predicted molar refractivity (Wildman–Crippen MR) is 288 cm³/mol. The van der Waals surface area contributed by atoms with Crippen LogP contribution in [0.1, 0.15) is 9.60 Å². The third kappa shape index (κ3) is 6.56. The highest BCUT2D eigenvalue weighted by atomic mass is 28.3. The van der Waals surface area contributed by atoms with Crippen LogP contribution in [0.5, 0.6) is 0 Å². The summed E-state index contributed by atoms with van der Waals surface area (Å²) in [6.45, 7) is 0. The van der Waals surface area contributed by atoms with Crippen LogP contribution in [-0.2, 0) is 0 Å². The zero-order valence-electron chi connectivity index (χ0n) is 44.0. The van der Waals surface area contributed by atoms with Crippen LogP contribution in [0.25, 0.3) is 89.2 Å². The average Bonchev–Trinajstić information content (AvgIpc) is 4.05. The minimum Gasteiger partial charge on any atom is -0.278 e. The maximum absolute atomic E-state index is 11.0. The molecule has 0 saturated carbocycles. The lowest BCUT2D eigenvalue weighted by atomic mass is 9.95. The summed E-state index contributed by atoms with van der Waals surface area (Å²) in [4.78, 5) is 16.1. The van der Waals surface area contributed by atoms with E-state index in [1.54, 1.807) is 0 Å². The molecule has 6 heteroatoms. The second-order valence-corrected chi connectivity index (χ2v) is 20.7. The predicted octanol–water partition coefficient (Wildman–Crippen LogP) is 12.4. The Morgan fingerprint density at radius 3 is 1.09 bits per heavy atom. The van der Waals surface area contributed by atoms with Gasteiger partial charge in [-0.05, 0) is 79.4 Å². The molecule has 3 heterocycles. The lowest BCUT2D eigenvalue weighted by molar-refractivity contribution is 0.893. The smallest absolute Gasteiger partial charge is 0.240 e. The van der Waals surface area contributed by atoms with E-state index in [9.17, 15) is 8.22 Å². The van der Waals surface area contributed by atoms with Crippen LogP contribution in [0, 0.1) is 0 Å². The van der Waals surface area contributed by atoms with Crippen molar-refractivity contribution in [3.8, 4) is 45.5 Å². The first-order chi connectivity index (χ1) is 37.2. The number of hydrogen-bond donors (Lipinski definition) is 0. The number of rotatable bonds is 9. The van der Waals surface area contributed by atoms with Crippen LogP contribution in [0.3, 0.4) is 0 Å². The van der Waals surface area contributed by atoms with Gasteiger partial charge in [0.25, 0.3) is 0 Å². The van der Waals surface area contributed by atoms with Crippen molar-refractivity contribution in [3.63, 3.8) is 0 Å². The SMILES string of the molecule is [2H]c1c([2H])c([2H])c(-c2c([2H])c(-c3nc(-n4c5ccccc5c5ccccc54)nc(-n4c5ccccc5c5ccccc54)n3)c([2H])c(-c3ccccc3)c2[Si](c2ccccc2)(c2ccccc2)c2ccccc2)c([2H])c1[2H]. The number of aromatic nitrogens is 5. The Morgan fingerprint density at radius 2 is 0.681 bits per heavy atom. The molecule has 0 radical (unpaired) electrons. The molecule has 3 aromatic heterocycles. The molecular formula is C63H43N5Si. The molecule has 0 saturated heterocycles. The number of nitrogens with zero attached hydrogens (tertiary/aromatic N) is 5. The molecular weight excluding hydrogens is 855 g/mol. The topological polar surface area (TPSA) is 48.5 Å². The van der Waals surface area contributed by atoms with Gasteiger partial charge < -0.3 is 0 Å². The molecule has 0 spiro atoms. The van der Waals surface area contributed by atoms with Gasteiger partial charge in [0.2, 0.25) is 11.9 Å². The van der Waals surface area contributed by atoms with Crippen LogP contribution in [0.15, 0.2) is 261 Å². The second kappa shape index (κ2) is 16.7. The number of fused-ring (bicyclic) bond motifs is 6. The standard InChI is InChI=1S/C63H43N5Si/c1-6-24-44(25-7-1)54-42-46(43-55(45-26-8-2-9-27-45)60(54)69(47-28-10-3-11-29-47,48-30-12-4-13-31-48)49-32-14-5-15-33-49)61-64-62(67-56-38-20-16-34-50(56)51-35-17-21-39-57(51)67)66-63(65-61)68-58-40-22-18-36-52(58)53-37-19-23-41-59(53)68/h1-43H/i1D,6D,7D,24D,25D,42D,43D. The van der Waals surface area contributed by atoms with E-state index in [0.717, 1.165) is 59.2 Å². The Kier molecular flexibility index (Phi) is 8.11. The Bertz CT molecular complexity index is 4070. The fourth-order valence-electron chi connectivity index (χ4n) is 10.3. The van der Waals surface area contributed by atoms with Crippen LogP contribution in [0.2, 0.25) is 0 Å². The van der Waals surface area contributed by atoms with Gasteiger partial charge in [-0.2, -0.15) is 15.0 Å². The summed E-state index contributed by atoms with van der Waals surface area (Å²) in [5, 5.41) is 7.10. The van der Waals surface area contributed by atoms with Gasteiger partial charge in [-0.25, -0.2) is 0 Å². The minimum absolute atomic E-state index is 0.00654. The number of para-hydroxylation sites is 4. The highest BCUT2D eigenvalue weighted by molar-refractivity contribution is 7.21. The monoisotopic (exact) mass is 904 g/mol. The molecule has 5 nitrogen and oxygen atoms in total. The van der Waals surface area contributed by atoms with E-state index in [4.69, 9.17) is 16.3 Å². The third-order valence-electron chi connectivity index (χ3n) is 13.2. The summed E-state index contributed by atoms with van der Waals surface area (Å²) in [6, 6.07) is 68.9. The molecule has 0 aliphatic carbocycles. The fourth-order valence-corrected chi connectivity index (χ4v) is 15.4. The molecule has 13 rings (SSSR count). The van der Waals surface area contributed by atoms with E-state index >= 15 is 0 Å². The van der Waals surface area contributed by atoms with Gasteiger partial charge in [0.15, 0.2) is 13.9 Å². The number of benzene rings is 10. The molecule has 0 aliphatic rings. The van der Waals surface area contributed by atoms with Crippen molar-refractivity contribution in [3.05, 3.63) is 261 Å². The Hall–Kier alpha value is -8.97. The summed E-state index contributed by atoms with van der Waals surface area (Å²) in [5.74, 6) is 0.450. The zero-order valence-corrected chi connectivity index (χ0v) is 38.0. The molecule has 10 aromatic carbocycles. The highest BCUT2D eigenvalue weighted by Gasteiger charge is 2.45. The first kappa shape index (κ1) is 33.5. The van der Waals surface area contributed by atoms with Crippen LogP contribution >= 0.6 is 0 Å². The normalized spacial score (nSPS) is 13.2. The van der Waals surface area contributed by atoms with Crippen LogP contribution in [0.4, 0.5) is 0 Å². The van der Waals surface area contributed by atoms with Gasteiger partial charge in [-0.3, -0.25) is 9.13 Å². The van der Waals surface area contributed by atoms with Gasteiger partial charge in [-0.15, -0.1) is 0 Å². The first-order valence-electron chi connectivity index (χ1n) is 26.4. The van der Waals surface area contributed by atoms with Gasteiger partial charge in [0.1, 0.15) is 0 Å². The average molecular weight is 905 g/mol. The Labute approximate surface area is 410 Å². The summed E-state index contributed by atoms with van der Waals surface area (Å²) in [6.07, 6.45) is 0. The molecule has 0 N–H and O–H groups in total. The highest BCUT2D eigenvalue weighted by Crippen LogP contribution is 2.37. The molecule has 0 aliphatic heterocycles. The summed E-state index contributed by atoms with van der Waals surface area (Å²) in [5.41, 5.74) is 4.27. The van der Waals surface area contributed by atoms with Crippen molar-refractivity contribution in [1.82, 2.24) is 24.1 Å². The van der Waals surface area contributed by atoms with E-state index < -0.39 is 38.3 Å². The quantitative estimate of drug-likeness (QED) is 0.107. The van der Waals surface area contributed by atoms with Crippen molar-refractivity contribution < 1.29 is 9.60 Å². The zero-order chi connectivity index (χ0) is 51.8. The van der Waals surface area contributed by atoms with Crippen molar-refractivity contribution in [2.45, 2.75) is 0 Å². The van der Waals surface area contributed by atoms with Gasteiger partial charge >= 0.3 is 0 Å². The molecule has 69 heavy (non-hydrogen) atoms. The van der Waals surface area contributed by atoms with E-state index in [1.807, 2.05) is 167 Å². The summed E-state index contributed by atoms with van der Waals surface area (Å²) < 4.78 is 72.8. The van der Waals surface area contributed by atoms with Gasteiger partial charge in [-0.1, -0.05) is 224 Å². The van der Waals surface area contributed by atoms with E-state index in [-0.39, 0.29) is 46.5 Å². The minimum atomic E-state index is -3.90.